The molecule has 0 fully saturated rings. The van der Waals surface area contributed by atoms with Crippen molar-refractivity contribution in [3.63, 3.8) is 0 Å². The van der Waals surface area contributed by atoms with Crippen molar-refractivity contribution in [3.05, 3.63) is 33.3 Å². The molecule has 1 aromatic rings. The summed E-state index contributed by atoms with van der Waals surface area (Å²) in [7, 11) is 0. The first kappa shape index (κ1) is 15.0. The van der Waals surface area contributed by atoms with Crippen LogP contribution in [0.25, 0.3) is 0 Å². The van der Waals surface area contributed by atoms with Crippen molar-refractivity contribution < 1.29 is 0 Å². The summed E-state index contributed by atoms with van der Waals surface area (Å²) >= 11 is 9.46. The van der Waals surface area contributed by atoms with Crippen molar-refractivity contribution in [1.29, 1.82) is 0 Å². The van der Waals surface area contributed by atoms with Gasteiger partial charge in [0.2, 0.25) is 0 Å². The number of hydrogen-bond donors (Lipinski definition) is 1. The van der Waals surface area contributed by atoms with Crippen LogP contribution < -0.4 is 5.32 Å². The lowest BCUT2D eigenvalue weighted by Crippen LogP contribution is -2.25. The minimum absolute atomic E-state index is 0.555. The van der Waals surface area contributed by atoms with Crippen LogP contribution in [0.5, 0.6) is 0 Å². The third-order valence-electron chi connectivity index (χ3n) is 2.82. The van der Waals surface area contributed by atoms with Crippen LogP contribution in [-0.2, 0) is 6.54 Å². The van der Waals surface area contributed by atoms with Gasteiger partial charge < -0.3 is 5.32 Å². The van der Waals surface area contributed by atoms with Gasteiger partial charge in [0, 0.05) is 17.1 Å². The fourth-order valence-electron chi connectivity index (χ4n) is 1.63. The SMILES string of the molecule is CC(C)CCC(C)NCc1ccc(Br)c(Cl)c1. The highest BCUT2D eigenvalue weighted by molar-refractivity contribution is 9.10. The van der Waals surface area contributed by atoms with Crippen LogP contribution in [0.1, 0.15) is 39.2 Å². The van der Waals surface area contributed by atoms with E-state index in [0.29, 0.717) is 6.04 Å². The van der Waals surface area contributed by atoms with Gasteiger partial charge in [-0.1, -0.05) is 31.5 Å². The highest BCUT2D eigenvalue weighted by Crippen LogP contribution is 2.23. The fourth-order valence-corrected chi connectivity index (χ4v) is 2.08. The molecule has 0 aliphatic heterocycles. The first-order valence-electron chi connectivity index (χ1n) is 6.16. The van der Waals surface area contributed by atoms with E-state index >= 15 is 0 Å². The van der Waals surface area contributed by atoms with Crippen LogP contribution in [-0.4, -0.2) is 6.04 Å². The summed E-state index contributed by atoms with van der Waals surface area (Å²) in [5.41, 5.74) is 1.23. The smallest absolute Gasteiger partial charge is 0.0551 e. The molecule has 0 aliphatic carbocycles. The second-order valence-electron chi connectivity index (χ2n) is 5.00. The standard InChI is InChI=1S/C14H21BrClN/c1-10(2)4-5-11(3)17-9-12-6-7-13(15)14(16)8-12/h6-8,10-11,17H,4-5,9H2,1-3H3. The van der Waals surface area contributed by atoms with E-state index in [9.17, 15) is 0 Å². The lowest BCUT2D eigenvalue weighted by atomic mass is 10.0. The molecular weight excluding hydrogens is 298 g/mol. The Hall–Kier alpha value is -0.0500. The van der Waals surface area contributed by atoms with Crippen LogP contribution in [0.2, 0.25) is 5.02 Å². The van der Waals surface area contributed by atoms with Crippen LogP contribution in [0.15, 0.2) is 22.7 Å². The number of halogens is 2. The van der Waals surface area contributed by atoms with E-state index < -0.39 is 0 Å². The van der Waals surface area contributed by atoms with E-state index in [1.165, 1.54) is 18.4 Å². The van der Waals surface area contributed by atoms with Crippen molar-refractivity contribution in [1.82, 2.24) is 5.32 Å². The van der Waals surface area contributed by atoms with E-state index in [2.05, 4.69) is 48.1 Å². The van der Waals surface area contributed by atoms with Crippen molar-refractivity contribution in [2.45, 2.75) is 46.2 Å². The van der Waals surface area contributed by atoms with Gasteiger partial charge in [0.25, 0.3) is 0 Å². The zero-order valence-corrected chi connectivity index (χ0v) is 13.1. The summed E-state index contributed by atoms with van der Waals surface area (Å²) in [6, 6.07) is 6.66. The van der Waals surface area contributed by atoms with Gasteiger partial charge in [-0.25, -0.2) is 0 Å². The van der Waals surface area contributed by atoms with Gasteiger partial charge in [-0.15, -0.1) is 0 Å². The topological polar surface area (TPSA) is 12.0 Å². The molecule has 1 rings (SSSR count). The van der Waals surface area contributed by atoms with Crippen molar-refractivity contribution in [3.8, 4) is 0 Å². The number of benzene rings is 1. The summed E-state index contributed by atoms with van der Waals surface area (Å²) < 4.78 is 0.954. The third kappa shape index (κ3) is 5.89. The molecule has 1 N–H and O–H groups in total. The summed E-state index contributed by atoms with van der Waals surface area (Å²) in [6.45, 7) is 7.65. The minimum Gasteiger partial charge on any atom is -0.310 e. The van der Waals surface area contributed by atoms with Crippen LogP contribution in [0, 0.1) is 5.92 Å². The Balaban J connectivity index is 2.36. The molecule has 1 unspecified atom stereocenters. The van der Waals surface area contributed by atoms with Gasteiger partial charge in [0.1, 0.15) is 0 Å². The Labute approximate surface area is 118 Å². The zero-order valence-electron chi connectivity index (χ0n) is 10.8. The minimum atomic E-state index is 0.555. The zero-order chi connectivity index (χ0) is 12.8. The predicted octanol–water partition coefficient (Wildman–Crippen LogP) is 5.02. The van der Waals surface area contributed by atoms with Crippen LogP contribution >= 0.6 is 27.5 Å². The van der Waals surface area contributed by atoms with Crippen molar-refractivity contribution >= 4 is 27.5 Å². The molecule has 1 atom stereocenters. The van der Waals surface area contributed by atoms with E-state index in [1.54, 1.807) is 0 Å². The van der Waals surface area contributed by atoms with Crippen molar-refractivity contribution in [2.24, 2.45) is 5.92 Å². The molecule has 0 amide bonds. The van der Waals surface area contributed by atoms with E-state index in [1.807, 2.05) is 12.1 Å². The maximum Gasteiger partial charge on any atom is 0.0551 e. The summed E-state index contributed by atoms with van der Waals surface area (Å²) in [4.78, 5) is 0. The van der Waals surface area contributed by atoms with Gasteiger partial charge in [-0.3, -0.25) is 0 Å². The van der Waals surface area contributed by atoms with E-state index in [-0.39, 0.29) is 0 Å². The summed E-state index contributed by atoms with van der Waals surface area (Å²) in [5, 5.41) is 4.30. The van der Waals surface area contributed by atoms with Gasteiger partial charge in [0.05, 0.1) is 5.02 Å². The molecular formula is C14H21BrClN. The Morgan fingerprint density at radius 2 is 1.94 bits per heavy atom. The lowest BCUT2D eigenvalue weighted by Gasteiger charge is -2.15. The number of rotatable bonds is 6. The molecule has 0 saturated carbocycles. The molecule has 0 bridgehead atoms. The Morgan fingerprint density at radius 1 is 1.24 bits per heavy atom. The normalized spacial score (nSPS) is 13.1. The third-order valence-corrected chi connectivity index (χ3v) is 4.05. The molecule has 96 valence electrons. The Bertz CT molecular complexity index is 352. The molecule has 1 nitrogen and oxygen atoms in total. The second kappa shape index (κ2) is 7.40. The molecule has 3 heteroatoms. The molecule has 17 heavy (non-hydrogen) atoms. The van der Waals surface area contributed by atoms with E-state index in [4.69, 9.17) is 11.6 Å². The average molecular weight is 319 g/mol. The number of nitrogens with one attached hydrogen (secondary N) is 1. The maximum absolute atomic E-state index is 6.06. The van der Waals surface area contributed by atoms with Crippen molar-refractivity contribution in [2.75, 3.05) is 0 Å². The molecule has 0 heterocycles. The van der Waals surface area contributed by atoms with Crippen LogP contribution in [0.3, 0.4) is 0 Å². The highest BCUT2D eigenvalue weighted by Gasteiger charge is 2.04. The first-order valence-corrected chi connectivity index (χ1v) is 7.33. The van der Waals surface area contributed by atoms with Gasteiger partial charge in [-0.05, 0) is 59.3 Å². The molecule has 0 saturated heterocycles. The lowest BCUT2D eigenvalue weighted by molar-refractivity contribution is 0.451. The van der Waals surface area contributed by atoms with Gasteiger partial charge >= 0.3 is 0 Å². The largest absolute Gasteiger partial charge is 0.310 e. The quantitative estimate of drug-likeness (QED) is 0.777. The molecule has 0 radical (unpaired) electrons. The highest BCUT2D eigenvalue weighted by atomic mass is 79.9. The molecule has 0 aromatic heterocycles. The van der Waals surface area contributed by atoms with E-state index in [0.717, 1.165) is 22.0 Å². The Kier molecular flexibility index (Phi) is 6.53. The summed E-state index contributed by atoms with van der Waals surface area (Å²) in [5.74, 6) is 0.779. The Morgan fingerprint density at radius 3 is 2.53 bits per heavy atom. The molecule has 0 aliphatic rings. The molecule has 1 aromatic carbocycles. The van der Waals surface area contributed by atoms with Gasteiger partial charge in [0.15, 0.2) is 0 Å². The maximum atomic E-state index is 6.06. The summed E-state index contributed by atoms with van der Waals surface area (Å²) in [6.07, 6.45) is 2.50. The number of hydrogen-bond acceptors (Lipinski definition) is 1. The molecule has 0 spiro atoms. The first-order chi connectivity index (χ1) is 7.99. The second-order valence-corrected chi connectivity index (χ2v) is 6.26. The predicted molar refractivity (Wildman–Crippen MR) is 79.5 cm³/mol. The average Bonchev–Trinajstić information content (AvgIpc) is 2.28. The fraction of sp³-hybridized carbons (Fsp3) is 0.571. The van der Waals surface area contributed by atoms with Gasteiger partial charge in [-0.2, -0.15) is 0 Å². The monoisotopic (exact) mass is 317 g/mol. The van der Waals surface area contributed by atoms with Crippen LogP contribution in [0.4, 0.5) is 0 Å².